The van der Waals surface area contributed by atoms with E-state index in [0.29, 0.717) is 12.3 Å². The van der Waals surface area contributed by atoms with E-state index in [1.807, 2.05) is 6.07 Å². The van der Waals surface area contributed by atoms with Crippen molar-refractivity contribution in [1.29, 1.82) is 0 Å². The summed E-state index contributed by atoms with van der Waals surface area (Å²) in [6.07, 6.45) is 0. The van der Waals surface area contributed by atoms with Gasteiger partial charge in [-0.3, -0.25) is 4.79 Å². The number of hydrogen-bond acceptors (Lipinski definition) is 5. The quantitative estimate of drug-likeness (QED) is 0.882. The third-order valence-corrected chi connectivity index (χ3v) is 3.25. The number of carbonyl (C=O) groups excluding carboxylic acids is 1. The van der Waals surface area contributed by atoms with Gasteiger partial charge in [-0.2, -0.15) is 0 Å². The molecule has 0 bridgehead atoms. The Morgan fingerprint density at radius 1 is 1.45 bits per heavy atom. The summed E-state index contributed by atoms with van der Waals surface area (Å²) in [4.78, 5) is 26.4. The molecule has 2 aromatic rings. The Bertz CT molecular complexity index is 639. The van der Waals surface area contributed by atoms with Gasteiger partial charge in [-0.15, -0.1) is 11.3 Å². The van der Waals surface area contributed by atoms with Crippen LogP contribution in [0.1, 0.15) is 25.9 Å². The summed E-state index contributed by atoms with van der Waals surface area (Å²) in [6.45, 7) is 0.449. The zero-order chi connectivity index (χ0) is 14.5. The number of carbonyl (C=O) groups is 2. The van der Waals surface area contributed by atoms with Crippen molar-refractivity contribution in [1.82, 2.24) is 4.98 Å². The number of aromatic carboxylic acids is 1. The number of carboxylic acids is 1. The Labute approximate surface area is 119 Å². The molecule has 0 radical (unpaired) electrons. The molecule has 0 saturated heterocycles. The molecular formula is C13H12N2O4S. The fourth-order valence-corrected chi connectivity index (χ4v) is 2.25. The van der Waals surface area contributed by atoms with Crippen molar-refractivity contribution < 1.29 is 19.4 Å². The monoisotopic (exact) mass is 292 g/mol. The van der Waals surface area contributed by atoms with Gasteiger partial charge in [0.2, 0.25) is 0 Å². The van der Waals surface area contributed by atoms with E-state index in [4.69, 9.17) is 9.84 Å². The lowest BCUT2D eigenvalue weighted by molar-refractivity contribution is 0.0691. The summed E-state index contributed by atoms with van der Waals surface area (Å²) in [7, 11) is 1.59. The smallest absolute Gasteiger partial charge is 0.355 e. The Morgan fingerprint density at radius 3 is 2.90 bits per heavy atom. The minimum absolute atomic E-state index is 0.111. The molecule has 0 saturated carbocycles. The van der Waals surface area contributed by atoms with Gasteiger partial charge in [0, 0.05) is 18.2 Å². The first-order chi connectivity index (χ1) is 9.60. The highest BCUT2D eigenvalue weighted by atomic mass is 32.1. The normalized spacial score (nSPS) is 10.2. The van der Waals surface area contributed by atoms with Crippen LogP contribution in [0, 0.1) is 0 Å². The Kier molecular flexibility index (Phi) is 4.44. The number of hydrogen-bond donors (Lipinski definition) is 2. The third kappa shape index (κ3) is 3.40. The second-order valence-corrected chi connectivity index (χ2v) is 4.79. The van der Waals surface area contributed by atoms with E-state index in [9.17, 15) is 9.59 Å². The van der Waals surface area contributed by atoms with Crippen LogP contribution in [0.3, 0.4) is 0 Å². The number of thiazole rings is 1. The first-order valence-corrected chi connectivity index (χ1v) is 6.56. The molecule has 2 N–H and O–H groups in total. The molecule has 20 heavy (non-hydrogen) atoms. The van der Waals surface area contributed by atoms with Crippen LogP contribution in [-0.2, 0) is 11.3 Å². The molecule has 0 spiro atoms. The van der Waals surface area contributed by atoms with Crippen LogP contribution in [0.25, 0.3) is 0 Å². The molecule has 1 aromatic heterocycles. The molecule has 0 atom stereocenters. The van der Waals surface area contributed by atoms with Crippen LogP contribution in [0.2, 0.25) is 0 Å². The second kappa shape index (κ2) is 6.27. The van der Waals surface area contributed by atoms with E-state index in [1.54, 1.807) is 25.3 Å². The maximum absolute atomic E-state index is 11.9. The van der Waals surface area contributed by atoms with Crippen molar-refractivity contribution in [2.75, 3.05) is 12.4 Å². The first-order valence-electron chi connectivity index (χ1n) is 5.68. The predicted molar refractivity (Wildman–Crippen MR) is 74.2 cm³/mol. The van der Waals surface area contributed by atoms with Crippen molar-refractivity contribution in [2.24, 2.45) is 0 Å². The molecule has 1 amide bonds. The number of ether oxygens (including phenoxy) is 1. The zero-order valence-corrected chi connectivity index (χ0v) is 11.4. The lowest BCUT2D eigenvalue weighted by Gasteiger charge is -2.05. The molecule has 0 aliphatic heterocycles. The molecule has 0 fully saturated rings. The van der Waals surface area contributed by atoms with E-state index in [0.717, 1.165) is 16.9 Å². The lowest BCUT2D eigenvalue weighted by Crippen LogP contribution is -2.12. The van der Waals surface area contributed by atoms with Gasteiger partial charge in [-0.25, -0.2) is 9.78 Å². The maximum atomic E-state index is 11.9. The summed E-state index contributed by atoms with van der Waals surface area (Å²) in [5.41, 5.74) is 1.40. The van der Waals surface area contributed by atoms with Gasteiger partial charge in [0.25, 0.3) is 5.91 Å². The number of nitrogens with zero attached hydrogens (tertiary/aromatic N) is 1. The van der Waals surface area contributed by atoms with Crippen molar-refractivity contribution in [3.05, 3.63) is 45.9 Å². The SMILES string of the molecule is COCc1cccc(NC(=O)c2nc(C(=O)O)cs2)c1. The summed E-state index contributed by atoms with van der Waals surface area (Å²) < 4.78 is 5.01. The number of benzene rings is 1. The van der Waals surface area contributed by atoms with Gasteiger partial charge in [0.15, 0.2) is 10.7 Å². The van der Waals surface area contributed by atoms with E-state index >= 15 is 0 Å². The number of rotatable bonds is 5. The molecule has 104 valence electrons. The molecule has 0 aliphatic rings. The topological polar surface area (TPSA) is 88.5 Å². The number of nitrogens with one attached hydrogen (secondary N) is 1. The number of aromatic nitrogens is 1. The van der Waals surface area contributed by atoms with E-state index in [-0.39, 0.29) is 10.7 Å². The maximum Gasteiger partial charge on any atom is 0.355 e. The van der Waals surface area contributed by atoms with Crippen molar-refractivity contribution in [3.63, 3.8) is 0 Å². The molecule has 7 heteroatoms. The predicted octanol–water partition coefficient (Wildman–Crippen LogP) is 2.24. The Balaban J connectivity index is 2.10. The average molecular weight is 292 g/mol. The molecule has 6 nitrogen and oxygen atoms in total. The highest BCUT2D eigenvalue weighted by Gasteiger charge is 2.14. The summed E-state index contributed by atoms with van der Waals surface area (Å²) in [5, 5.41) is 12.9. The highest BCUT2D eigenvalue weighted by Crippen LogP contribution is 2.15. The second-order valence-electron chi connectivity index (χ2n) is 3.93. The van der Waals surface area contributed by atoms with Gasteiger partial charge in [-0.1, -0.05) is 12.1 Å². The molecule has 0 unspecified atom stereocenters. The largest absolute Gasteiger partial charge is 0.476 e. The van der Waals surface area contributed by atoms with E-state index in [1.165, 1.54) is 5.38 Å². The fourth-order valence-electron chi connectivity index (χ4n) is 1.57. The highest BCUT2D eigenvalue weighted by molar-refractivity contribution is 7.12. The first kappa shape index (κ1) is 14.2. The van der Waals surface area contributed by atoms with Crippen LogP contribution >= 0.6 is 11.3 Å². The van der Waals surface area contributed by atoms with Gasteiger partial charge in [-0.05, 0) is 17.7 Å². The molecule has 2 rings (SSSR count). The molecule has 1 aromatic carbocycles. The minimum Gasteiger partial charge on any atom is -0.476 e. The average Bonchev–Trinajstić information content (AvgIpc) is 2.89. The van der Waals surface area contributed by atoms with E-state index < -0.39 is 11.9 Å². The van der Waals surface area contributed by atoms with Crippen LogP contribution in [0.15, 0.2) is 29.6 Å². The fraction of sp³-hybridized carbons (Fsp3) is 0.154. The lowest BCUT2D eigenvalue weighted by atomic mass is 10.2. The van der Waals surface area contributed by atoms with Crippen molar-refractivity contribution in [3.8, 4) is 0 Å². The van der Waals surface area contributed by atoms with Crippen molar-refractivity contribution >= 4 is 28.9 Å². The molecular weight excluding hydrogens is 280 g/mol. The third-order valence-electron chi connectivity index (χ3n) is 2.41. The minimum atomic E-state index is -1.15. The van der Waals surface area contributed by atoms with Gasteiger partial charge in [0.1, 0.15) is 0 Å². The Morgan fingerprint density at radius 2 is 2.25 bits per heavy atom. The van der Waals surface area contributed by atoms with Crippen LogP contribution in [0.5, 0.6) is 0 Å². The molecule has 0 aliphatic carbocycles. The van der Waals surface area contributed by atoms with Gasteiger partial charge < -0.3 is 15.2 Å². The number of methoxy groups -OCH3 is 1. The summed E-state index contributed by atoms with van der Waals surface area (Å²) in [6, 6.07) is 7.20. The number of carboxylic acid groups (broad SMARTS) is 1. The Hall–Kier alpha value is -2.25. The van der Waals surface area contributed by atoms with Gasteiger partial charge >= 0.3 is 5.97 Å². The summed E-state index contributed by atoms with van der Waals surface area (Å²) in [5.74, 6) is -1.58. The number of amides is 1. The van der Waals surface area contributed by atoms with Crippen LogP contribution < -0.4 is 5.32 Å². The van der Waals surface area contributed by atoms with Crippen LogP contribution in [0.4, 0.5) is 5.69 Å². The van der Waals surface area contributed by atoms with Gasteiger partial charge in [0.05, 0.1) is 6.61 Å². The summed E-state index contributed by atoms with van der Waals surface area (Å²) >= 11 is 0.991. The van der Waals surface area contributed by atoms with E-state index in [2.05, 4.69) is 10.3 Å². The zero-order valence-electron chi connectivity index (χ0n) is 10.6. The molecule has 1 heterocycles. The standard InChI is InChI=1S/C13H12N2O4S/c1-19-6-8-3-2-4-9(5-8)14-11(16)12-15-10(7-20-12)13(17)18/h2-5,7H,6H2,1H3,(H,14,16)(H,17,18). The van der Waals surface area contributed by atoms with Crippen LogP contribution in [-0.4, -0.2) is 29.1 Å². The number of anilines is 1. The van der Waals surface area contributed by atoms with Crippen molar-refractivity contribution in [2.45, 2.75) is 6.61 Å².